The number of hydrogen-bond donors (Lipinski definition) is 2. The number of aliphatic hydroxyl groups excluding tert-OH is 1. The summed E-state index contributed by atoms with van der Waals surface area (Å²) in [5, 5.41) is 22.3. The van der Waals surface area contributed by atoms with Crippen LogP contribution in [0.4, 0.5) is 0 Å². The van der Waals surface area contributed by atoms with Crippen LogP contribution in [0, 0.1) is 0 Å². The van der Waals surface area contributed by atoms with Crippen LogP contribution in [-0.4, -0.2) is 24.4 Å². The molecule has 1 unspecified atom stereocenters. The Balaban J connectivity index is 2.46. The summed E-state index contributed by atoms with van der Waals surface area (Å²) in [5.41, 5.74) is 4.19. The highest BCUT2D eigenvalue weighted by Crippen LogP contribution is 2.37. The standard InChI is InChI=1S/C24H34O2Si/c1-5-12-23(25)17-20(19-27(2,3)4)18-24(26,21-13-8-6-9-14-21)22-15-10-7-11-16-22/h6-11,13-16,19,23,25-26H,5,12,17-18H2,1-4H3/b20-19+. The summed E-state index contributed by atoms with van der Waals surface area (Å²) in [7, 11) is -1.50. The van der Waals surface area contributed by atoms with Crippen LogP contribution in [0.5, 0.6) is 0 Å². The van der Waals surface area contributed by atoms with Gasteiger partial charge in [-0.15, -0.1) is 0 Å². The molecular formula is C24H34O2Si. The Morgan fingerprint density at radius 1 is 0.963 bits per heavy atom. The fourth-order valence-corrected chi connectivity index (χ4v) is 5.10. The highest BCUT2D eigenvalue weighted by atomic mass is 28.3. The van der Waals surface area contributed by atoms with E-state index in [1.54, 1.807) is 0 Å². The second kappa shape index (κ2) is 9.49. The smallest absolute Gasteiger partial charge is 0.118 e. The van der Waals surface area contributed by atoms with Crippen molar-refractivity contribution in [2.75, 3.05) is 0 Å². The average molecular weight is 383 g/mol. The van der Waals surface area contributed by atoms with E-state index in [2.05, 4.69) is 32.3 Å². The maximum absolute atomic E-state index is 11.9. The molecule has 2 N–H and O–H groups in total. The minimum atomic E-state index is -1.50. The zero-order valence-corrected chi connectivity index (χ0v) is 18.2. The molecule has 0 aliphatic carbocycles. The molecule has 0 heterocycles. The van der Waals surface area contributed by atoms with Crippen LogP contribution >= 0.6 is 0 Å². The van der Waals surface area contributed by atoms with Crippen molar-refractivity contribution in [1.29, 1.82) is 0 Å². The molecule has 27 heavy (non-hydrogen) atoms. The van der Waals surface area contributed by atoms with Crippen LogP contribution < -0.4 is 0 Å². The zero-order chi connectivity index (χ0) is 19.9. The molecule has 2 aromatic rings. The van der Waals surface area contributed by atoms with Gasteiger partial charge in [0.1, 0.15) is 5.60 Å². The van der Waals surface area contributed by atoms with Gasteiger partial charge in [-0.2, -0.15) is 0 Å². The van der Waals surface area contributed by atoms with E-state index in [1.165, 1.54) is 0 Å². The van der Waals surface area contributed by atoms with Gasteiger partial charge in [0.15, 0.2) is 0 Å². The molecule has 0 saturated carbocycles. The summed E-state index contributed by atoms with van der Waals surface area (Å²) >= 11 is 0. The fraction of sp³-hybridized carbons (Fsp3) is 0.417. The monoisotopic (exact) mass is 382 g/mol. The lowest BCUT2D eigenvalue weighted by Crippen LogP contribution is -2.30. The molecule has 0 saturated heterocycles. The highest BCUT2D eigenvalue weighted by Gasteiger charge is 2.33. The topological polar surface area (TPSA) is 40.5 Å². The third-order valence-electron chi connectivity index (χ3n) is 4.74. The second-order valence-electron chi connectivity index (χ2n) is 8.58. The Morgan fingerprint density at radius 3 is 1.85 bits per heavy atom. The van der Waals surface area contributed by atoms with Gasteiger partial charge in [0.2, 0.25) is 0 Å². The first-order valence-electron chi connectivity index (χ1n) is 9.96. The van der Waals surface area contributed by atoms with Crippen LogP contribution in [0.3, 0.4) is 0 Å². The van der Waals surface area contributed by atoms with Gasteiger partial charge in [-0.1, -0.05) is 105 Å². The number of aliphatic hydroxyl groups is 2. The van der Waals surface area contributed by atoms with Crippen molar-refractivity contribution in [2.45, 2.75) is 64.0 Å². The van der Waals surface area contributed by atoms with E-state index in [0.29, 0.717) is 12.8 Å². The molecule has 2 nitrogen and oxygen atoms in total. The summed E-state index contributed by atoms with van der Waals surface area (Å²) in [6.07, 6.45) is 2.53. The van der Waals surface area contributed by atoms with Crippen molar-refractivity contribution >= 4 is 8.07 Å². The molecule has 0 aliphatic heterocycles. The largest absolute Gasteiger partial charge is 0.393 e. The SMILES string of the molecule is CCCC(O)C/C(=C\[Si](C)(C)C)CC(O)(c1ccccc1)c1ccccc1. The van der Waals surface area contributed by atoms with Gasteiger partial charge in [0.05, 0.1) is 14.2 Å². The van der Waals surface area contributed by atoms with Crippen molar-refractivity contribution in [3.8, 4) is 0 Å². The van der Waals surface area contributed by atoms with Crippen LogP contribution in [0.25, 0.3) is 0 Å². The van der Waals surface area contributed by atoms with Gasteiger partial charge in [-0.3, -0.25) is 0 Å². The van der Waals surface area contributed by atoms with Gasteiger partial charge >= 0.3 is 0 Å². The number of rotatable bonds is 9. The van der Waals surface area contributed by atoms with Gasteiger partial charge in [-0.05, 0) is 24.0 Å². The van der Waals surface area contributed by atoms with E-state index >= 15 is 0 Å². The molecule has 0 aliphatic rings. The van der Waals surface area contributed by atoms with E-state index in [4.69, 9.17) is 0 Å². The average Bonchev–Trinajstić information content (AvgIpc) is 2.62. The molecule has 146 valence electrons. The zero-order valence-electron chi connectivity index (χ0n) is 17.2. The number of benzene rings is 2. The Hall–Kier alpha value is -1.68. The maximum Gasteiger partial charge on any atom is 0.118 e. The number of hydrogen-bond acceptors (Lipinski definition) is 2. The van der Waals surface area contributed by atoms with Gasteiger partial charge in [0, 0.05) is 6.42 Å². The van der Waals surface area contributed by atoms with Crippen LogP contribution in [-0.2, 0) is 5.60 Å². The molecule has 0 bridgehead atoms. The fourth-order valence-electron chi connectivity index (χ4n) is 3.66. The van der Waals surface area contributed by atoms with Crippen molar-refractivity contribution in [3.05, 3.63) is 83.1 Å². The third-order valence-corrected chi connectivity index (χ3v) is 6.02. The van der Waals surface area contributed by atoms with E-state index < -0.39 is 13.7 Å². The van der Waals surface area contributed by atoms with E-state index in [9.17, 15) is 10.2 Å². The van der Waals surface area contributed by atoms with Crippen LogP contribution in [0.1, 0.15) is 43.7 Å². The van der Waals surface area contributed by atoms with Gasteiger partial charge in [0.25, 0.3) is 0 Å². The van der Waals surface area contributed by atoms with E-state index in [1.807, 2.05) is 60.7 Å². The summed E-state index contributed by atoms with van der Waals surface area (Å²) in [6, 6.07) is 19.8. The minimum absolute atomic E-state index is 0.353. The maximum atomic E-state index is 11.9. The molecule has 2 rings (SSSR count). The van der Waals surface area contributed by atoms with E-state index in [-0.39, 0.29) is 6.10 Å². The molecule has 0 radical (unpaired) electrons. The summed E-state index contributed by atoms with van der Waals surface area (Å²) in [4.78, 5) is 0. The Kier molecular flexibility index (Phi) is 7.60. The Morgan fingerprint density at radius 2 is 1.44 bits per heavy atom. The van der Waals surface area contributed by atoms with Crippen molar-refractivity contribution < 1.29 is 10.2 Å². The lowest BCUT2D eigenvalue weighted by atomic mass is 9.80. The Labute approximate surface area is 165 Å². The molecule has 0 aromatic heterocycles. The van der Waals surface area contributed by atoms with Crippen LogP contribution in [0.2, 0.25) is 19.6 Å². The molecule has 3 heteroatoms. The molecule has 0 spiro atoms. The molecule has 0 amide bonds. The predicted molar refractivity (Wildman–Crippen MR) is 117 cm³/mol. The van der Waals surface area contributed by atoms with E-state index in [0.717, 1.165) is 29.5 Å². The highest BCUT2D eigenvalue weighted by molar-refractivity contribution is 6.81. The van der Waals surface area contributed by atoms with Gasteiger partial charge < -0.3 is 10.2 Å². The molecule has 2 aromatic carbocycles. The molecular weight excluding hydrogens is 348 g/mol. The van der Waals surface area contributed by atoms with Gasteiger partial charge in [-0.25, -0.2) is 0 Å². The van der Waals surface area contributed by atoms with Crippen molar-refractivity contribution in [2.24, 2.45) is 0 Å². The first-order chi connectivity index (χ1) is 12.7. The summed E-state index contributed by atoms with van der Waals surface area (Å²) in [5.74, 6) is 0. The first kappa shape index (κ1) is 21.6. The van der Waals surface area contributed by atoms with Crippen molar-refractivity contribution in [3.63, 3.8) is 0 Å². The molecule has 0 fully saturated rings. The third kappa shape index (κ3) is 6.45. The molecule has 1 atom stereocenters. The first-order valence-corrected chi connectivity index (χ1v) is 13.5. The lowest BCUT2D eigenvalue weighted by Gasteiger charge is -2.32. The Bertz CT molecular complexity index is 678. The predicted octanol–water partition coefficient (Wildman–Crippen LogP) is 5.67. The summed E-state index contributed by atoms with van der Waals surface area (Å²) < 4.78 is 0. The van der Waals surface area contributed by atoms with Crippen LogP contribution in [0.15, 0.2) is 71.9 Å². The second-order valence-corrected chi connectivity index (χ2v) is 13.6. The summed E-state index contributed by atoms with van der Waals surface area (Å²) in [6.45, 7) is 8.98. The normalized spacial score (nSPS) is 14.2. The minimum Gasteiger partial charge on any atom is -0.393 e. The quantitative estimate of drug-likeness (QED) is 0.549. The lowest BCUT2D eigenvalue weighted by molar-refractivity contribution is 0.0769. The van der Waals surface area contributed by atoms with Crippen molar-refractivity contribution in [1.82, 2.24) is 0 Å².